The third kappa shape index (κ3) is 5.06. The van der Waals surface area contributed by atoms with E-state index in [4.69, 9.17) is 0 Å². The Morgan fingerprint density at radius 1 is 1.10 bits per heavy atom. The Bertz CT molecular complexity index is 926. The molecule has 1 aromatic carbocycles. The molecular formula is C23H32N6O2. The number of likely N-dealkylation sites (tertiary alicyclic amines) is 1. The number of amides is 2. The Labute approximate surface area is 183 Å². The molecule has 1 N–H and O–H groups in total. The van der Waals surface area contributed by atoms with Gasteiger partial charge in [-0.05, 0) is 62.6 Å². The largest absolute Gasteiger partial charge is 0.371 e. The second-order valence-corrected chi connectivity index (χ2v) is 8.73. The second-order valence-electron chi connectivity index (χ2n) is 8.73. The number of aryl methyl sites for hydroxylation is 1. The molecule has 0 atom stereocenters. The minimum Gasteiger partial charge on any atom is -0.371 e. The molecule has 0 unspecified atom stereocenters. The summed E-state index contributed by atoms with van der Waals surface area (Å²) in [5.41, 5.74) is 3.08. The smallest absolute Gasteiger partial charge is 0.254 e. The van der Waals surface area contributed by atoms with Crippen molar-refractivity contribution in [3.8, 4) is 0 Å². The van der Waals surface area contributed by atoms with Gasteiger partial charge in [-0.3, -0.25) is 19.6 Å². The highest BCUT2D eigenvalue weighted by Gasteiger charge is 2.27. The first-order valence-corrected chi connectivity index (χ1v) is 11.3. The maximum absolute atomic E-state index is 13.2. The van der Waals surface area contributed by atoms with Crippen LogP contribution in [-0.4, -0.2) is 57.7 Å². The molecular weight excluding hydrogens is 392 g/mol. The van der Waals surface area contributed by atoms with E-state index in [-0.39, 0.29) is 17.7 Å². The summed E-state index contributed by atoms with van der Waals surface area (Å²) < 4.78 is 1.56. The zero-order valence-corrected chi connectivity index (χ0v) is 18.5. The van der Waals surface area contributed by atoms with Gasteiger partial charge in [0.1, 0.15) is 6.33 Å². The maximum atomic E-state index is 13.2. The predicted molar refractivity (Wildman–Crippen MR) is 120 cm³/mol. The van der Waals surface area contributed by atoms with Gasteiger partial charge in [0.05, 0.1) is 0 Å². The molecule has 0 aliphatic carbocycles. The maximum Gasteiger partial charge on any atom is 0.254 e. The first-order chi connectivity index (χ1) is 15.0. The molecule has 2 aliphatic heterocycles. The van der Waals surface area contributed by atoms with E-state index in [1.54, 1.807) is 18.1 Å². The topological polar surface area (TPSA) is 83.4 Å². The third-order valence-corrected chi connectivity index (χ3v) is 6.46. The molecule has 1 aromatic heterocycles. The number of nitrogens with one attached hydrogen (secondary N) is 1. The molecule has 2 aliphatic rings. The van der Waals surface area contributed by atoms with Crippen LogP contribution in [0.4, 0.5) is 11.6 Å². The molecule has 3 heterocycles. The number of hydrogen-bond donors (Lipinski definition) is 1. The second kappa shape index (κ2) is 9.49. The average molecular weight is 425 g/mol. The summed E-state index contributed by atoms with van der Waals surface area (Å²) in [6.07, 6.45) is 7.38. The number of anilines is 2. The van der Waals surface area contributed by atoms with Crippen LogP contribution in [0.3, 0.4) is 0 Å². The summed E-state index contributed by atoms with van der Waals surface area (Å²) in [5.74, 6) is 0.649. The molecule has 2 fully saturated rings. The van der Waals surface area contributed by atoms with Gasteiger partial charge in [0.15, 0.2) is 0 Å². The van der Waals surface area contributed by atoms with E-state index >= 15 is 0 Å². The predicted octanol–water partition coefficient (Wildman–Crippen LogP) is 2.99. The van der Waals surface area contributed by atoms with Gasteiger partial charge in [-0.1, -0.05) is 6.07 Å². The lowest BCUT2D eigenvalue weighted by Gasteiger charge is -2.33. The lowest BCUT2D eigenvalue weighted by molar-refractivity contribution is -0.117. The SMILES string of the molecule is Cc1c(C(=O)N2CCC(CC(=O)Nc3ncn(C)n3)CC2)cccc1N1CCCCC1. The van der Waals surface area contributed by atoms with E-state index in [1.807, 2.05) is 17.0 Å². The third-order valence-electron chi connectivity index (χ3n) is 6.46. The Morgan fingerprint density at radius 2 is 1.84 bits per heavy atom. The van der Waals surface area contributed by atoms with Crippen molar-refractivity contribution in [2.45, 2.75) is 45.4 Å². The van der Waals surface area contributed by atoms with Crippen LogP contribution in [0.25, 0.3) is 0 Å². The highest BCUT2D eigenvalue weighted by atomic mass is 16.2. The Hall–Kier alpha value is -2.90. The van der Waals surface area contributed by atoms with Crippen molar-refractivity contribution in [1.82, 2.24) is 19.7 Å². The summed E-state index contributed by atoms with van der Waals surface area (Å²) in [7, 11) is 1.76. The van der Waals surface area contributed by atoms with Crippen molar-refractivity contribution in [1.29, 1.82) is 0 Å². The minimum absolute atomic E-state index is 0.0685. The van der Waals surface area contributed by atoms with E-state index in [9.17, 15) is 9.59 Å². The van der Waals surface area contributed by atoms with Crippen LogP contribution in [0.2, 0.25) is 0 Å². The van der Waals surface area contributed by atoms with Gasteiger partial charge in [-0.15, -0.1) is 5.10 Å². The number of nitrogens with zero attached hydrogens (tertiary/aromatic N) is 5. The first-order valence-electron chi connectivity index (χ1n) is 11.3. The summed E-state index contributed by atoms with van der Waals surface area (Å²) in [6.45, 7) is 5.58. The molecule has 0 bridgehead atoms. The molecule has 0 saturated carbocycles. The molecule has 8 heteroatoms. The molecule has 166 valence electrons. The van der Waals surface area contributed by atoms with E-state index in [0.717, 1.165) is 37.1 Å². The Morgan fingerprint density at radius 3 is 2.52 bits per heavy atom. The fourth-order valence-corrected chi connectivity index (χ4v) is 4.68. The van der Waals surface area contributed by atoms with Crippen LogP contribution in [0.5, 0.6) is 0 Å². The number of hydrogen-bond acceptors (Lipinski definition) is 5. The van der Waals surface area contributed by atoms with Crippen molar-refractivity contribution >= 4 is 23.5 Å². The fraction of sp³-hybridized carbons (Fsp3) is 0.565. The Balaban J connectivity index is 1.32. The first kappa shape index (κ1) is 21.3. The summed E-state index contributed by atoms with van der Waals surface area (Å²) >= 11 is 0. The van der Waals surface area contributed by atoms with E-state index < -0.39 is 0 Å². The zero-order chi connectivity index (χ0) is 21.8. The highest BCUT2D eigenvalue weighted by Crippen LogP contribution is 2.28. The molecule has 8 nitrogen and oxygen atoms in total. The lowest BCUT2D eigenvalue weighted by atomic mass is 9.92. The standard InChI is InChI=1S/C23H32N6O2/c1-17-19(7-6-8-20(17)28-11-4-3-5-12-28)22(31)29-13-9-18(10-14-29)15-21(30)25-23-24-16-27(2)26-23/h6-8,16,18H,3-5,9-15H2,1-2H3,(H,25,26,30). The van der Waals surface area contributed by atoms with Crippen LogP contribution in [-0.2, 0) is 11.8 Å². The average Bonchev–Trinajstić information content (AvgIpc) is 3.19. The zero-order valence-electron chi connectivity index (χ0n) is 18.5. The van der Waals surface area contributed by atoms with Crippen molar-refractivity contribution < 1.29 is 9.59 Å². The van der Waals surface area contributed by atoms with Crippen molar-refractivity contribution in [3.63, 3.8) is 0 Å². The molecule has 0 radical (unpaired) electrons. The van der Waals surface area contributed by atoms with Crippen LogP contribution >= 0.6 is 0 Å². The molecule has 2 amide bonds. The van der Waals surface area contributed by atoms with Gasteiger partial charge >= 0.3 is 0 Å². The quantitative estimate of drug-likeness (QED) is 0.798. The molecule has 0 spiro atoms. The summed E-state index contributed by atoms with van der Waals surface area (Å²) in [5, 5.41) is 6.83. The van der Waals surface area contributed by atoms with Gasteiger partial charge in [-0.25, -0.2) is 4.98 Å². The van der Waals surface area contributed by atoms with Crippen molar-refractivity contribution in [3.05, 3.63) is 35.7 Å². The summed E-state index contributed by atoms with van der Waals surface area (Å²) in [4.78, 5) is 33.9. The number of aromatic nitrogens is 3. The van der Waals surface area contributed by atoms with Crippen molar-refractivity contribution in [2.75, 3.05) is 36.4 Å². The van der Waals surface area contributed by atoms with Gasteiger partial charge in [0.2, 0.25) is 11.9 Å². The highest BCUT2D eigenvalue weighted by molar-refractivity contribution is 5.97. The molecule has 2 saturated heterocycles. The van der Waals surface area contributed by atoms with Gasteiger partial charge in [-0.2, -0.15) is 0 Å². The van der Waals surface area contributed by atoms with Gasteiger partial charge in [0, 0.05) is 50.9 Å². The molecule has 31 heavy (non-hydrogen) atoms. The van der Waals surface area contributed by atoms with Gasteiger partial charge in [0.25, 0.3) is 5.91 Å². The number of carbonyl (C=O) groups excluding carboxylic acids is 2. The van der Waals surface area contributed by atoms with Crippen LogP contribution in [0, 0.1) is 12.8 Å². The Kier molecular flexibility index (Phi) is 6.53. The van der Waals surface area contributed by atoms with E-state index in [0.29, 0.717) is 25.5 Å². The molecule has 2 aromatic rings. The monoisotopic (exact) mass is 424 g/mol. The molecule has 4 rings (SSSR count). The van der Waals surface area contributed by atoms with Gasteiger partial charge < -0.3 is 9.80 Å². The number of carbonyl (C=O) groups is 2. The number of piperidine rings is 2. The number of rotatable bonds is 5. The normalized spacial score (nSPS) is 17.6. The minimum atomic E-state index is -0.0685. The number of benzene rings is 1. The lowest BCUT2D eigenvalue weighted by Crippen LogP contribution is -2.39. The van der Waals surface area contributed by atoms with Crippen LogP contribution in [0.1, 0.15) is 54.4 Å². The van der Waals surface area contributed by atoms with E-state index in [1.165, 1.54) is 24.9 Å². The van der Waals surface area contributed by atoms with Crippen LogP contribution < -0.4 is 10.2 Å². The van der Waals surface area contributed by atoms with Crippen LogP contribution in [0.15, 0.2) is 24.5 Å². The summed E-state index contributed by atoms with van der Waals surface area (Å²) in [6, 6.07) is 6.09. The van der Waals surface area contributed by atoms with E-state index in [2.05, 4.69) is 33.3 Å². The van der Waals surface area contributed by atoms with Crippen molar-refractivity contribution in [2.24, 2.45) is 13.0 Å². The fourth-order valence-electron chi connectivity index (χ4n) is 4.68.